The molecule has 2 bridgehead atoms. The Bertz CT molecular complexity index is 1250. The predicted molar refractivity (Wildman–Crippen MR) is 125 cm³/mol. The Kier molecular flexibility index (Phi) is 3.94. The molecule has 2 amide bonds. The first-order chi connectivity index (χ1) is 15.3. The molecule has 8 heteroatoms. The van der Waals surface area contributed by atoms with E-state index in [4.69, 9.17) is 0 Å². The summed E-state index contributed by atoms with van der Waals surface area (Å²) >= 11 is 7.84. The van der Waals surface area contributed by atoms with E-state index in [1.165, 1.54) is 18.2 Å². The highest BCUT2D eigenvalue weighted by Gasteiger charge is 2.72. The number of carbonyl (C=O) groups is 2. The molecule has 0 saturated carbocycles. The fourth-order valence-electron chi connectivity index (χ4n) is 5.71. The number of imide groups is 1. The number of amides is 2. The normalized spacial score (nSPS) is 29.5. The van der Waals surface area contributed by atoms with Crippen molar-refractivity contribution < 1.29 is 14.5 Å². The Balaban J connectivity index is 1.66. The Hall–Kier alpha value is -2.84. The van der Waals surface area contributed by atoms with Crippen LogP contribution in [0.15, 0.2) is 72.8 Å². The predicted octanol–water partition coefficient (Wildman–Crippen LogP) is 5.00. The number of hydrogen-bond acceptors (Lipinski definition) is 4. The molecule has 1 aliphatic heterocycles. The molecule has 1 saturated heterocycles. The molecule has 158 valence electrons. The van der Waals surface area contributed by atoms with Crippen molar-refractivity contribution in [3.63, 3.8) is 0 Å². The van der Waals surface area contributed by atoms with E-state index in [9.17, 15) is 19.7 Å². The summed E-state index contributed by atoms with van der Waals surface area (Å²) < 4.78 is -1.85. The lowest BCUT2D eigenvalue weighted by Crippen LogP contribution is -2.56. The summed E-state index contributed by atoms with van der Waals surface area (Å²) in [6.07, 6.45) is 0. The summed E-state index contributed by atoms with van der Waals surface area (Å²) in [4.78, 5) is 39.9. The van der Waals surface area contributed by atoms with Gasteiger partial charge in [-0.1, -0.05) is 92.5 Å². The summed E-state index contributed by atoms with van der Waals surface area (Å²) in [5.74, 6) is -2.42. The van der Waals surface area contributed by atoms with Crippen LogP contribution in [-0.4, -0.2) is 16.7 Å². The number of nitro groups is 1. The van der Waals surface area contributed by atoms with Crippen LogP contribution < -0.4 is 4.90 Å². The Labute approximate surface area is 199 Å². The van der Waals surface area contributed by atoms with Crippen molar-refractivity contribution in [3.05, 3.63) is 105 Å². The first kappa shape index (κ1) is 19.8. The monoisotopic (exact) mass is 552 g/mol. The molecule has 0 radical (unpaired) electrons. The molecule has 4 aliphatic rings. The fourth-order valence-corrected chi connectivity index (χ4v) is 8.02. The van der Waals surface area contributed by atoms with Crippen LogP contribution in [0.1, 0.15) is 22.3 Å². The highest BCUT2D eigenvalue weighted by molar-refractivity contribution is 9.10. The van der Waals surface area contributed by atoms with Crippen LogP contribution in [-0.2, 0) is 18.2 Å². The highest BCUT2D eigenvalue weighted by Crippen LogP contribution is 2.71. The number of alkyl halides is 2. The van der Waals surface area contributed by atoms with Gasteiger partial charge in [0.2, 0.25) is 11.8 Å². The van der Waals surface area contributed by atoms with Crippen LogP contribution in [0.3, 0.4) is 0 Å². The number of benzene rings is 3. The third kappa shape index (κ3) is 2.10. The smallest absolute Gasteiger partial charge is 0.274 e. The van der Waals surface area contributed by atoms with Crippen LogP contribution in [0, 0.1) is 22.0 Å². The molecule has 1 fully saturated rings. The van der Waals surface area contributed by atoms with E-state index in [1.54, 1.807) is 6.07 Å². The molecule has 2 atom stereocenters. The minimum atomic E-state index is -0.925. The molecule has 0 N–H and O–H groups in total. The molecular formula is C24H14Br2N2O4. The Morgan fingerprint density at radius 3 is 1.50 bits per heavy atom. The average molecular weight is 554 g/mol. The zero-order valence-corrected chi connectivity index (χ0v) is 19.5. The number of anilines is 1. The van der Waals surface area contributed by atoms with Gasteiger partial charge in [-0.15, -0.1) is 0 Å². The van der Waals surface area contributed by atoms with Crippen molar-refractivity contribution in [2.24, 2.45) is 11.8 Å². The maximum atomic E-state index is 13.9. The first-order valence-corrected chi connectivity index (χ1v) is 11.6. The van der Waals surface area contributed by atoms with Crippen LogP contribution in [0.4, 0.5) is 11.4 Å². The quantitative estimate of drug-likeness (QED) is 0.193. The second kappa shape index (κ2) is 6.36. The topological polar surface area (TPSA) is 80.5 Å². The third-order valence-corrected chi connectivity index (χ3v) is 9.60. The van der Waals surface area contributed by atoms with Gasteiger partial charge in [-0.2, -0.15) is 0 Å². The molecule has 6 nitrogen and oxygen atoms in total. The number of para-hydroxylation sites is 2. The van der Waals surface area contributed by atoms with Gasteiger partial charge in [0.05, 0.1) is 25.4 Å². The second-order valence-electron chi connectivity index (χ2n) is 8.23. The van der Waals surface area contributed by atoms with E-state index in [0.29, 0.717) is 0 Å². The SMILES string of the molecule is O=C1C2C(C(=O)N1c1ccccc1[N+](=O)[O-])C1(Br)c3ccccc3C2(Br)c2ccccc21. The van der Waals surface area contributed by atoms with E-state index < -0.39 is 37.2 Å². The summed E-state index contributed by atoms with van der Waals surface area (Å²) in [6.45, 7) is 0. The van der Waals surface area contributed by atoms with Crippen LogP contribution >= 0.6 is 31.9 Å². The van der Waals surface area contributed by atoms with Gasteiger partial charge < -0.3 is 0 Å². The summed E-state index contributed by atoms with van der Waals surface area (Å²) in [7, 11) is 0. The zero-order chi connectivity index (χ0) is 22.4. The maximum absolute atomic E-state index is 13.9. The molecule has 3 aromatic rings. The van der Waals surface area contributed by atoms with Crippen molar-refractivity contribution in [1.29, 1.82) is 0 Å². The summed E-state index contributed by atoms with van der Waals surface area (Å²) in [5, 5.41) is 11.7. The van der Waals surface area contributed by atoms with Crippen molar-refractivity contribution in [2.45, 2.75) is 8.65 Å². The number of halogens is 2. The summed E-state index contributed by atoms with van der Waals surface area (Å²) in [5.41, 5.74) is 3.40. The number of nitro benzene ring substituents is 1. The van der Waals surface area contributed by atoms with E-state index in [1.807, 2.05) is 48.5 Å². The minimum Gasteiger partial charge on any atom is -0.274 e. The van der Waals surface area contributed by atoms with Crippen molar-refractivity contribution in [3.8, 4) is 0 Å². The molecule has 0 aromatic heterocycles. The van der Waals surface area contributed by atoms with E-state index in [-0.39, 0.29) is 11.4 Å². The van der Waals surface area contributed by atoms with Gasteiger partial charge in [0.15, 0.2) is 0 Å². The van der Waals surface area contributed by atoms with Crippen LogP contribution in [0.2, 0.25) is 0 Å². The standard InChI is InChI=1S/C24H14Br2N2O4/c25-23-13-7-1-2-8-14(13)24(26,16-10-4-3-9-15(16)23)20-19(23)21(29)27(22(20)30)17-11-5-6-12-18(17)28(31)32/h1-12,19-20H. The van der Waals surface area contributed by atoms with Crippen molar-refractivity contribution >= 4 is 55.0 Å². The maximum Gasteiger partial charge on any atom is 0.293 e. The van der Waals surface area contributed by atoms with Gasteiger partial charge in [0.25, 0.3) is 5.69 Å². The van der Waals surface area contributed by atoms with E-state index in [0.717, 1.165) is 27.2 Å². The molecule has 3 aliphatic carbocycles. The minimum absolute atomic E-state index is 0.00149. The van der Waals surface area contributed by atoms with Gasteiger partial charge in [-0.3, -0.25) is 19.7 Å². The largest absolute Gasteiger partial charge is 0.293 e. The van der Waals surface area contributed by atoms with Gasteiger partial charge in [-0.05, 0) is 28.3 Å². The van der Waals surface area contributed by atoms with E-state index >= 15 is 0 Å². The molecule has 1 heterocycles. The van der Waals surface area contributed by atoms with Crippen LogP contribution in [0.5, 0.6) is 0 Å². The fraction of sp³-hybridized carbons (Fsp3) is 0.167. The Morgan fingerprint density at radius 1 is 0.719 bits per heavy atom. The third-order valence-electron chi connectivity index (χ3n) is 6.90. The molecular weight excluding hydrogens is 540 g/mol. The van der Waals surface area contributed by atoms with Gasteiger partial charge in [0.1, 0.15) is 5.69 Å². The average Bonchev–Trinajstić information content (AvgIpc) is 3.08. The zero-order valence-electron chi connectivity index (χ0n) is 16.4. The molecule has 32 heavy (non-hydrogen) atoms. The first-order valence-electron chi connectivity index (χ1n) is 10.0. The lowest BCUT2D eigenvalue weighted by atomic mass is 9.54. The van der Waals surface area contributed by atoms with Crippen molar-refractivity contribution in [1.82, 2.24) is 0 Å². The van der Waals surface area contributed by atoms with Gasteiger partial charge >= 0.3 is 0 Å². The number of nitrogens with zero attached hydrogens (tertiary/aromatic N) is 2. The molecule has 0 spiro atoms. The second-order valence-corrected chi connectivity index (χ2v) is 10.7. The number of carbonyl (C=O) groups excluding carboxylic acids is 2. The number of hydrogen-bond donors (Lipinski definition) is 0. The molecule has 2 unspecified atom stereocenters. The highest BCUT2D eigenvalue weighted by atomic mass is 79.9. The van der Waals surface area contributed by atoms with Gasteiger partial charge in [0, 0.05) is 6.07 Å². The van der Waals surface area contributed by atoms with E-state index in [2.05, 4.69) is 31.9 Å². The number of rotatable bonds is 2. The Morgan fingerprint density at radius 2 is 1.09 bits per heavy atom. The lowest BCUT2D eigenvalue weighted by Gasteiger charge is -2.55. The van der Waals surface area contributed by atoms with Crippen molar-refractivity contribution in [2.75, 3.05) is 4.90 Å². The summed E-state index contributed by atoms with van der Waals surface area (Å²) in [6, 6.07) is 21.4. The van der Waals surface area contributed by atoms with Gasteiger partial charge in [-0.25, -0.2) is 4.90 Å². The molecule has 3 aromatic carbocycles. The lowest BCUT2D eigenvalue weighted by molar-refractivity contribution is -0.384. The van der Waals surface area contributed by atoms with Crippen LogP contribution in [0.25, 0.3) is 0 Å². The molecule has 7 rings (SSSR count).